The van der Waals surface area contributed by atoms with Crippen molar-refractivity contribution in [2.75, 3.05) is 11.7 Å². The largest absolute Gasteiger partial charge is 0.298 e. The van der Waals surface area contributed by atoms with Gasteiger partial charge in [-0.3, -0.25) is 15.6 Å². The van der Waals surface area contributed by atoms with Crippen LogP contribution in [0, 0.1) is 0 Å². The lowest BCUT2D eigenvalue weighted by Gasteiger charge is -2.10. The number of nitrogens with one attached hydrogen (secondary N) is 2. The molecule has 128 valence electrons. The molecule has 2 aromatic carbocycles. The molecule has 0 saturated carbocycles. The van der Waals surface area contributed by atoms with Gasteiger partial charge in [0, 0.05) is 10.5 Å². The van der Waals surface area contributed by atoms with E-state index >= 15 is 0 Å². The first kappa shape index (κ1) is 18.4. The molecule has 0 heterocycles. The van der Waals surface area contributed by atoms with Crippen molar-refractivity contribution in [1.82, 2.24) is 5.43 Å². The lowest BCUT2D eigenvalue weighted by atomic mass is 10.1. The maximum atomic E-state index is 12.2. The summed E-state index contributed by atoms with van der Waals surface area (Å²) in [6.45, 7) is 2.22. The van der Waals surface area contributed by atoms with Crippen LogP contribution in [0.1, 0.15) is 48.5 Å². The number of hydrogen-bond donors (Lipinski definition) is 2. The number of carbonyl (C=O) groups excluding carboxylic acids is 1. The van der Waals surface area contributed by atoms with Crippen LogP contribution in [-0.4, -0.2) is 12.2 Å². The van der Waals surface area contributed by atoms with Crippen molar-refractivity contribution in [1.29, 1.82) is 0 Å². The first-order chi connectivity index (χ1) is 11.7. The van der Waals surface area contributed by atoms with Crippen LogP contribution in [0.4, 0.5) is 5.69 Å². The molecule has 4 heteroatoms. The average Bonchev–Trinajstić information content (AvgIpc) is 2.63. The van der Waals surface area contributed by atoms with Crippen molar-refractivity contribution >= 4 is 23.4 Å². The molecular weight excluding hydrogens is 316 g/mol. The lowest BCUT2D eigenvalue weighted by Crippen LogP contribution is -2.29. The second-order valence-corrected chi connectivity index (χ2v) is 6.70. The summed E-state index contributed by atoms with van der Waals surface area (Å²) in [4.78, 5) is 13.3. The third-order valence-corrected chi connectivity index (χ3v) is 4.62. The summed E-state index contributed by atoms with van der Waals surface area (Å²) in [6, 6.07) is 15.8. The maximum Gasteiger partial charge on any atom is 0.269 e. The Bertz CT molecular complexity index is 658. The van der Waals surface area contributed by atoms with Crippen LogP contribution in [-0.2, 0) is 6.42 Å². The molecule has 2 aromatic rings. The number of anilines is 1. The van der Waals surface area contributed by atoms with Crippen molar-refractivity contribution in [2.24, 2.45) is 0 Å². The molecule has 2 N–H and O–H groups in total. The molecule has 0 aliphatic carbocycles. The Labute approximate surface area is 149 Å². The molecular formula is C20H26N2OS. The van der Waals surface area contributed by atoms with Crippen LogP contribution in [0.25, 0.3) is 0 Å². The normalized spacial score (nSPS) is 10.4. The maximum absolute atomic E-state index is 12.2. The predicted molar refractivity (Wildman–Crippen MR) is 104 cm³/mol. The van der Waals surface area contributed by atoms with E-state index in [1.54, 1.807) is 11.8 Å². The minimum Gasteiger partial charge on any atom is -0.298 e. The van der Waals surface area contributed by atoms with E-state index < -0.39 is 0 Å². The van der Waals surface area contributed by atoms with Gasteiger partial charge < -0.3 is 0 Å². The molecule has 1 amide bonds. The lowest BCUT2D eigenvalue weighted by molar-refractivity contribution is 0.0962. The van der Waals surface area contributed by atoms with Gasteiger partial charge in [0.05, 0.1) is 5.69 Å². The van der Waals surface area contributed by atoms with Gasteiger partial charge in [-0.05, 0) is 55.0 Å². The highest BCUT2D eigenvalue weighted by molar-refractivity contribution is 7.98. The number of hydrogen-bond acceptors (Lipinski definition) is 3. The van der Waals surface area contributed by atoms with E-state index in [4.69, 9.17) is 0 Å². The minimum atomic E-state index is -0.126. The zero-order valence-corrected chi connectivity index (χ0v) is 15.3. The zero-order valence-electron chi connectivity index (χ0n) is 14.5. The molecule has 0 aliphatic rings. The number of hydrazine groups is 1. The Morgan fingerprint density at radius 3 is 2.67 bits per heavy atom. The molecule has 0 unspecified atom stereocenters. The van der Waals surface area contributed by atoms with Gasteiger partial charge in [0.1, 0.15) is 0 Å². The van der Waals surface area contributed by atoms with Gasteiger partial charge in [0.2, 0.25) is 0 Å². The molecule has 24 heavy (non-hydrogen) atoms. The number of rotatable bonds is 9. The van der Waals surface area contributed by atoms with Crippen molar-refractivity contribution in [2.45, 2.75) is 43.9 Å². The molecule has 2 rings (SSSR count). The summed E-state index contributed by atoms with van der Waals surface area (Å²) in [7, 11) is 0. The number of benzene rings is 2. The molecule has 3 nitrogen and oxygen atoms in total. The van der Waals surface area contributed by atoms with Crippen molar-refractivity contribution in [3.8, 4) is 0 Å². The summed E-state index contributed by atoms with van der Waals surface area (Å²) in [5.41, 5.74) is 8.66. The highest BCUT2D eigenvalue weighted by atomic mass is 32.2. The summed E-state index contributed by atoms with van der Waals surface area (Å²) < 4.78 is 0. The monoisotopic (exact) mass is 342 g/mol. The molecule has 0 fully saturated rings. The molecule has 0 spiro atoms. The number of unbranched alkanes of at least 4 members (excludes halogenated alkanes) is 3. The van der Waals surface area contributed by atoms with E-state index in [-0.39, 0.29) is 5.91 Å². The van der Waals surface area contributed by atoms with E-state index in [2.05, 4.69) is 29.9 Å². The first-order valence-electron chi connectivity index (χ1n) is 8.52. The van der Waals surface area contributed by atoms with Crippen molar-refractivity contribution in [3.63, 3.8) is 0 Å². The molecule has 0 radical (unpaired) electrons. The Balaban J connectivity index is 1.88. The summed E-state index contributed by atoms with van der Waals surface area (Å²) in [5.74, 6) is -0.126. The Morgan fingerprint density at radius 2 is 1.88 bits per heavy atom. The van der Waals surface area contributed by atoms with Crippen LogP contribution >= 0.6 is 11.8 Å². The van der Waals surface area contributed by atoms with E-state index in [1.165, 1.54) is 31.2 Å². The molecule has 0 atom stereocenters. The van der Waals surface area contributed by atoms with E-state index in [0.29, 0.717) is 5.56 Å². The standard InChI is InChI=1S/C20H26N2OS/c1-3-4-5-6-9-16-10-7-12-18(14-16)21-22-20(23)17-11-8-13-19(15-17)24-2/h7-8,10-15,21H,3-6,9H2,1-2H3,(H,22,23). The predicted octanol–water partition coefficient (Wildman–Crippen LogP) is 5.29. The van der Waals surface area contributed by atoms with E-state index in [0.717, 1.165) is 17.0 Å². The second-order valence-electron chi connectivity index (χ2n) is 5.82. The van der Waals surface area contributed by atoms with E-state index in [1.807, 2.05) is 42.7 Å². The molecule has 0 bridgehead atoms. The van der Waals surface area contributed by atoms with Gasteiger partial charge in [-0.1, -0.05) is 44.4 Å². The summed E-state index contributed by atoms with van der Waals surface area (Å²) in [6.07, 6.45) is 8.12. The fourth-order valence-corrected chi connectivity index (χ4v) is 2.99. The van der Waals surface area contributed by atoms with Crippen LogP contribution in [0.2, 0.25) is 0 Å². The number of thioether (sulfide) groups is 1. The topological polar surface area (TPSA) is 41.1 Å². The van der Waals surface area contributed by atoms with Gasteiger partial charge in [0.25, 0.3) is 5.91 Å². The summed E-state index contributed by atoms with van der Waals surface area (Å²) >= 11 is 1.63. The minimum absolute atomic E-state index is 0.126. The van der Waals surface area contributed by atoms with Crippen molar-refractivity contribution in [3.05, 3.63) is 59.7 Å². The average molecular weight is 343 g/mol. The van der Waals surface area contributed by atoms with Gasteiger partial charge in [-0.25, -0.2) is 0 Å². The number of amides is 1. The Hall–Kier alpha value is -1.94. The SMILES string of the molecule is CCCCCCc1cccc(NNC(=O)c2cccc(SC)c2)c1. The fraction of sp³-hybridized carbons (Fsp3) is 0.350. The third kappa shape index (κ3) is 5.93. The zero-order chi connectivity index (χ0) is 17.2. The second kappa shape index (κ2) is 10.0. The molecule has 0 aliphatic heterocycles. The van der Waals surface area contributed by atoms with Crippen LogP contribution < -0.4 is 10.9 Å². The summed E-state index contributed by atoms with van der Waals surface area (Å²) in [5, 5.41) is 0. The number of aryl methyl sites for hydroxylation is 1. The first-order valence-corrected chi connectivity index (χ1v) is 9.74. The smallest absolute Gasteiger partial charge is 0.269 e. The Kier molecular flexibility index (Phi) is 7.69. The van der Waals surface area contributed by atoms with Gasteiger partial charge in [0.15, 0.2) is 0 Å². The van der Waals surface area contributed by atoms with Gasteiger partial charge >= 0.3 is 0 Å². The highest BCUT2D eigenvalue weighted by Gasteiger charge is 2.05. The van der Waals surface area contributed by atoms with Crippen molar-refractivity contribution < 1.29 is 4.79 Å². The third-order valence-electron chi connectivity index (χ3n) is 3.90. The highest BCUT2D eigenvalue weighted by Crippen LogP contribution is 2.16. The number of carbonyl (C=O) groups is 1. The fourth-order valence-electron chi connectivity index (χ4n) is 2.53. The quantitative estimate of drug-likeness (QED) is 0.370. The van der Waals surface area contributed by atoms with Gasteiger partial charge in [-0.2, -0.15) is 0 Å². The van der Waals surface area contributed by atoms with E-state index in [9.17, 15) is 4.79 Å². The van der Waals surface area contributed by atoms with Crippen LogP contribution in [0.3, 0.4) is 0 Å². The Morgan fingerprint density at radius 1 is 1.04 bits per heavy atom. The molecule has 0 aromatic heterocycles. The van der Waals surface area contributed by atoms with Crippen LogP contribution in [0.15, 0.2) is 53.4 Å². The van der Waals surface area contributed by atoms with Crippen LogP contribution in [0.5, 0.6) is 0 Å². The van der Waals surface area contributed by atoms with Gasteiger partial charge in [-0.15, -0.1) is 11.8 Å². The molecule has 0 saturated heterocycles.